The molecule has 3 rings (SSSR count). The van der Waals surface area contributed by atoms with Crippen LogP contribution >= 0.6 is 0 Å². The molecule has 3 heterocycles. The van der Waals surface area contributed by atoms with Crippen molar-refractivity contribution in [2.45, 2.75) is 40.2 Å². The van der Waals surface area contributed by atoms with Crippen LogP contribution in [0.15, 0.2) is 36.9 Å². The summed E-state index contributed by atoms with van der Waals surface area (Å²) in [5.74, 6) is 0. The lowest BCUT2D eigenvalue weighted by Gasteiger charge is -2.32. The molecule has 3 nitrogen and oxygen atoms in total. The van der Waals surface area contributed by atoms with Gasteiger partial charge < -0.3 is 4.57 Å². The molecule has 0 aliphatic carbocycles. The third kappa shape index (κ3) is 1.89. The van der Waals surface area contributed by atoms with Gasteiger partial charge in [0.05, 0.1) is 11.0 Å². The minimum Gasteiger partial charge on any atom is -0.337 e. The van der Waals surface area contributed by atoms with E-state index >= 15 is 0 Å². The van der Waals surface area contributed by atoms with Crippen molar-refractivity contribution < 1.29 is 0 Å². The van der Waals surface area contributed by atoms with E-state index in [0.717, 1.165) is 6.42 Å². The molecule has 0 aliphatic rings. The molecule has 1 atom stereocenters. The summed E-state index contributed by atoms with van der Waals surface area (Å²) in [4.78, 5) is 8.57. The second-order valence-corrected chi connectivity index (χ2v) is 6.45. The fraction of sp³-hybridized carbons (Fsp3) is 0.412. The van der Waals surface area contributed by atoms with Crippen LogP contribution in [0.4, 0.5) is 0 Å². The summed E-state index contributed by atoms with van der Waals surface area (Å²) < 4.78 is 2.47. The van der Waals surface area contributed by atoms with Gasteiger partial charge in [0.1, 0.15) is 0 Å². The predicted molar refractivity (Wildman–Crippen MR) is 83.8 cm³/mol. The van der Waals surface area contributed by atoms with Crippen LogP contribution in [0.1, 0.15) is 40.2 Å². The van der Waals surface area contributed by atoms with Crippen molar-refractivity contribution in [2.24, 2.45) is 5.41 Å². The van der Waals surface area contributed by atoms with Gasteiger partial charge in [-0.1, -0.05) is 27.7 Å². The van der Waals surface area contributed by atoms with Crippen LogP contribution < -0.4 is 0 Å². The third-order valence-electron chi connectivity index (χ3n) is 4.10. The second-order valence-electron chi connectivity index (χ2n) is 6.45. The maximum Gasteiger partial charge on any atom is 0.0525 e. The molecule has 3 heteroatoms. The predicted octanol–water partition coefficient (Wildman–Crippen LogP) is 4.58. The Morgan fingerprint density at radius 3 is 1.90 bits per heavy atom. The standard InChI is InChI=1S/C17H21N3/c1-5-16(17(2,3)4)20-14-6-8-18-10-12(14)13-11-19-9-7-15(13)20/h6-11,16H,5H2,1-4H3. The Hall–Kier alpha value is -1.90. The Morgan fingerprint density at radius 1 is 1.00 bits per heavy atom. The summed E-state index contributed by atoms with van der Waals surface area (Å²) in [6.07, 6.45) is 8.75. The first-order chi connectivity index (χ1) is 9.54. The Morgan fingerprint density at radius 2 is 1.50 bits per heavy atom. The molecule has 0 radical (unpaired) electrons. The zero-order valence-electron chi connectivity index (χ0n) is 12.6. The van der Waals surface area contributed by atoms with Gasteiger partial charge in [0.15, 0.2) is 0 Å². The first kappa shape index (κ1) is 13.1. The summed E-state index contributed by atoms with van der Waals surface area (Å²) >= 11 is 0. The molecule has 0 N–H and O–H groups in total. The lowest BCUT2D eigenvalue weighted by atomic mass is 9.85. The highest BCUT2D eigenvalue weighted by molar-refractivity contribution is 6.07. The van der Waals surface area contributed by atoms with E-state index in [2.05, 4.69) is 54.4 Å². The van der Waals surface area contributed by atoms with Crippen molar-refractivity contribution >= 4 is 21.8 Å². The summed E-state index contributed by atoms with van der Waals surface area (Å²) in [7, 11) is 0. The van der Waals surface area contributed by atoms with E-state index in [1.54, 1.807) is 0 Å². The first-order valence-electron chi connectivity index (χ1n) is 7.21. The first-order valence-corrected chi connectivity index (χ1v) is 7.21. The summed E-state index contributed by atoms with van der Waals surface area (Å²) in [6.45, 7) is 9.18. The van der Waals surface area contributed by atoms with Gasteiger partial charge in [-0.15, -0.1) is 0 Å². The topological polar surface area (TPSA) is 30.7 Å². The largest absolute Gasteiger partial charge is 0.337 e. The zero-order valence-corrected chi connectivity index (χ0v) is 12.6. The number of rotatable bonds is 2. The van der Waals surface area contributed by atoms with E-state index in [9.17, 15) is 0 Å². The minimum atomic E-state index is 0.209. The van der Waals surface area contributed by atoms with E-state index < -0.39 is 0 Å². The van der Waals surface area contributed by atoms with Crippen LogP contribution in [0.25, 0.3) is 21.8 Å². The Balaban J connectivity index is 2.43. The lowest BCUT2D eigenvalue weighted by Crippen LogP contribution is -2.23. The van der Waals surface area contributed by atoms with Gasteiger partial charge in [-0.05, 0) is 24.0 Å². The smallest absolute Gasteiger partial charge is 0.0525 e. The van der Waals surface area contributed by atoms with Gasteiger partial charge in [0.2, 0.25) is 0 Å². The zero-order chi connectivity index (χ0) is 14.3. The summed E-state index contributed by atoms with van der Waals surface area (Å²) in [6, 6.07) is 4.68. The summed E-state index contributed by atoms with van der Waals surface area (Å²) in [5.41, 5.74) is 2.72. The highest BCUT2D eigenvalue weighted by Gasteiger charge is 2.27. The number of pyridine rings is 2. The van der Waals surface area contributed by atoms with E-state index in [1.165, 1.54) is 21.8 Å². The van der Waals surface area contributed by atoms with E-state index in [4.69, 9.17) is 0 Å². The molecule has 0 aromatic carbocycles. The van der Waals surface area contributed by atoms with Gasteiger partial charge in [0.25, 0.3) is 0 Å². The maximum absolute atomic E-state index is 4.28. The van der Waals surface area contributed by atoms with Gasteiger partial charge in [-0.25, -0.2) is 0 Å². The quantitative estimate of drug-likeness (QED) is 0.680. The van der Waals surface area contributed by atoms with Gasteiger partial charge in [-0.3, -0.25) is 9.97 Å². The molecule has 20 heavy (non-hydrogen) atoms. The molecule has 0 spiro atoms. The fourth-order valence-electron chi connectivity index (χ4n) is 3.26. The van der Waals surface area contributed by atoms with Crippen LogP contribution in [-0.4, -0.2) is 14.5 Å². The molecular formula is C17H21N3. The molecule has 0 saturated carbocycles. The number of fused-ring (bicyclic) bond motifs is 3. The van der Waals surface area contributed by atoms with Gasteiger partial charge in [-0.2, -0.15) is 0 Å². The average Bonchev–Trinajstić information content (AvgIpc) is 2.74. The van der Waals surface area contributed by atoms with Crippen molar-refractivity contribution in [2.75, 3.05) is 0 Å². The van der Waals surface area contributed by atoms with Gasteiger partial charge in [0, 0.05) is 41.6 Å². The molecule has 0 fully saturated rings. The number of hydrogen-bond acceptors (Lipinski definition) is 2. The van der Waals surface area contributed by atoms with Crippen LogP contribution in [0, 0.1) is 5.41 Å². The molecule has 0 aliphatic heterocycles. The van der Waals surface area contributed by atoms with Crippen LogP contribution in [0.5, 0.6) is 0 Å². The molecule has 3 aromatic rings. The molecule has 0 amide bonds. The summed E-state index contributed by atoms with van der Waals surface area (Å²) in [5, 5.41) is 2.39. The van der Waals surface area contributed by atoms with Crippen LogP contribution in [0.2, 0.25) is 0 Å². The number of nitrogens with zero attached hydrogens (tertiary/aromatic N) is 3. The number of hydrogen-bond donors (Lipinski definition) is 0. The van der Waals surface area contributed by atoms with E-state index in [0.29, 0.717) is 6.04 Å². The van der Waals surface area contributed by atoms with Crippen molar-refractivity contribution in [3.05, 3.63) is 36.9 Å². The van der Waals surface area contributed by atoms with E-state index in [1.807, 2.05) is 24.8 Å². The van der Waals surface area contributed by atoms with Gasteiger partial charge >= 0.3 is 0 Å². The number of aromatic nitrogens is 3. The minimum absolute atomic E-state index is 0.209. The normalized spacial score (nSPS) is 14.0. The highest BCUT2D eigenvalue weighted by atomic mass is 15.0. The second kappa shape index (κ2) is 4.58. The molecular weight excluding hydrogens is 246 g/mol. The highest BCUT2D eigenvalue weighted by Crippen LogP contribution is 2.39. The Labute approximate surface area is 119 Å². The Bertz CT molecular complexity index is 696. The van der Waals surface area contributed by atoms with Crippen LogP contribution in [0.3, 0.4) is 0 Å². The third-order valence-corrected chi connectivity index (χ3v) is 4.10. The fourth-order valence-corrected chi connectivity index (χ4v) is 3.26. The van der Waals surface area contributed by atoms with Crippen molar-refractivity contribution in [3.8, 4) is 0 Å². The lowest BCUT2D eigenvalue weighted by molar-refractivity contribution is 0.246. The molecule has 104 valence electrons. The van der Waals surface area contributed by atoms with Crippen molar-refractivity contribution in [1.82, 2.24) is 14.5 Å². The maximum atomic E-state index is 4.28. The van der Waals surface area contributed by atoms with E-state index in [-0.39, 0.29) is 5.41 Å². The molecule has 0 saturated heterocycles. The van der Waals surface area contributed by atoms with Crippen molar-refractivity contribution in [1.29, 1.82) is 0 Å². The average molecular weight is 267 g/mol. The molecule has 0 bridgehead atoms. The monoisotopic (exact) mass is 267 g/mol. The van der Waals surface area contributed by atoms with Crippen LogP contribution in [-0.2, 0) is 0 Å². The molecule has 3 aromatic heterocycles. The van der Waals surface area contributed by atoms with Crippen molar-refractivity contribution in [3.63, 3.8) is 0 Å². The SMILES string of the molecule is CCC(n1c2ccncc2c2cnccc21)C(C)(C)C. The molecule has 1 unspecified atom stereocenters. The Kier molecular flexibility index (Phi) is 3.00.